The van der Waals surface area contributed by atoms with Crippen molar-refractivity contribution in [1.82, 2.24) is 24.8 Å². The predicted molar refractivity (Wildman–Crippen MR) is 156 cm³/mol. The normalized spacial score (nSPS) is 18.3. The molecule has 226 valence electrons. The van der Waals surface area contributed by atoms with E-state index >= 15 is 0 Å². The number of pyridine rings is 1. The number of aromatic nitrogens is 3. The fraction of sp³-hybridized carbons (Fsp3) is 0.655. The Morgan fingerprint density at radius 3 is 2.39 bits per heavy atom. The Balaban J connectivity index is 1.07. The van der Waals surface area contributed by atoms with Crippen molar-refractivity contribution in [2.45, 2.75) is 57.2 Å². The number of aliphatic hydroxyl groups excluding tert-OH is 3. The summed E-state index contributed by atoms with van der Waals surface area (Å²) in [4.78, 5) is 32.1. The Kier molecular flexibility index (Phi) is 12.4. The molecule has 0 unspecified atom stereocenters. The molecule has 2 fully saturated rings. The molecule has 0 bridgehead atoms. The predicted octanol–water partition coefficient (Wildman–Crippen LogP) is 1.78. The summed E-state index contributed by atoms with van der Waals surface area (Å²) in [5.74, 6) is 2.08. The van der Waals surface area contributed by atoms with Gasteiger partial charge < -0.3 is 29.9 Å². The number of carbonyl (C=O) groups is 1. The highest BCUT2D eigenvalue weighted by atomic mass is 35.5. The van der Waals surface area contributed by atoms with Crippen LogP contribution in [0.5, 0.6) is 5.88 Å². The first-order chi connectivity index (χ1) is 19.9. The van der Waals surface area contributed by atoms with Crippen molar-refractivity contribution < 1.29 is 24.9 Å². The second kappa shape index (κ2) is 16.2. The minimum Gasteiger partial charge on any atom is -0.478 e. The van der Waals surface area contributed by atoms with E-state index in [1.54, 1.807) is 18.6 Å². The van der Waals surface area contributed by atoms with Crippen molar-refractivity contribution in [1.29, 1.82) is 0 Å². The molecule has 2 aliphatic heterocycles. The van der Waals surface area contributed by atoms with Crippen molar-refractivity contribution in [3.63, 3.8) is 0 Å². The number of aliphatic hydroxyl groups is 3. The highest BCUT2D eigenvalue weighted by molar-refractivity contribution is 6.30. The molecule has 41 heavy (non-hydrogen) atoms. The Labute approximate surface area is 247 Å². The summed E-state index contributed by atoms with van der Waals surface area (Å²) in [6, 6.07) is 3.75. The zero-order chi connectivity index (χ0) is 29.0. The number of rotatable bonds is 14. The quantitative estimate of drug-likeness (QED) is 0.279. The van der Waals surface area contributed by atoms with Gasteiger partial charge in [0, 0.05) is 64.5 Å². The largest absolute Gasteiger partial charge is 0.478 e. The summed E-state index contributed by atoms with van der Waals surface area (Å²) < 4.78 is 5.86. The van der Waals surface area contributed by atoms with E-state index < -0.39 is 12.2 Å². The Hall–Kier alpha value is -2.57. The first-order valence-corrected chi connectivity index (χ1v) is 15.0. The third-order valence-corrected chi connectivity index (χ3v) is 8.12. The second-order valence-corrected chi connectivity index (χ2v) is 11.5. The molecule has 2 aromatic rings. The number of hydrogen-bond acceptors (Lipinski definition) is 10. The molecular formula is C29H43ClN6O5. The lowest BCUT2D eigenvalue weighted by atomic mass is 9.92. The van der Waals surface area contributed by atoms with E-state index in [0.29, 0.717) is 55.9 Å². The number of anilines is 1. The van der Waals surface area contributed by atoms with Gasteiger partial charge in [0.2, 0.25) is 17.7 Å². The number of carbonyl (C=O) groups excluding carboxylic acids is 1. The molecular weight excluding hydrogens is 548 g/mol. The number of amides is 1. The van der Waals surface area contributed by atoms with Gasteiger partial charge in [-0.15, -0.1) is 0 Å². The van der Waals surface area contributed by atoms with E-state index in [4.69, 9.17) is 21.4 Å². The molecule has 0 aromatic carbocycles. The van der Waals surface area contributed by atoms with Gasteiger partial charge in [-0.05, 0) is 43.6 Å². The van der Waals surface area contributed by atoms with Gasteiger partial charge in [-0.25, -0.2) is 15.0 Å². The molecule has 1 amide bonds. The lowest BCUT2D eigenvalue weighted by Gasteiger charge is -2.35. The highest BCUT2D eigenvalue weighted by Crippen LogP contribution is 2.24. The van der Waals surface area contributed by atoms with E-state index in [0.717, 1.165) is 63.4 Å². The third kappa shape index (κ3) is 10.3. The molecule has 0 radical (unpaired) electrons. The van der Waals surface area contributed by atoms with Crippen LogP contribution in [-0.4, -0.2) is 117 Å². The van der Waals surface area contributed by atoms with E-state index in [1.807, 2.05) is 17.0 Å². The lowest BCUT2D eigenvalue weighted by Crippen LogP contribution is -2.49. The van der Waals surface area contributed by atoms with Gasteiger partial charge in [-0.2, -0.15) is 0 Å². The second-order valence-electron chi connectivity index (χ2n) is 11.0. The van der Waals surface area contributed by atoms with Crippen LogP contribution in [0.25, 0.3) is 0 Å². The Morgan fingerprint density at radius 1 is 1.00 bits per heavy atom. The van der Waals surface area contributed by atoms with Gasteiger partial charge in [0.25, 0.3) is 0 Å². The summed E-state index contributed by atoms with van der Waals surface area (Å²) in [6.07, 6.45) is 8.81. The van der Waals surface area contributed by atoms with Crippen LogP contribution in [0.15, 0.2) is 30.7 Å². The molecule has 11 nitrogen and oxygen atoms in total. The summed E-state index contributed by atoms with van der Waals surface area (Å²) in [6.45, 7) is 5.69. The zero-order valence-corrected chi connectivity index (χ0v) is 24.4. The van der Waals surface area contributed by atoms with Gasteiger partial charge in [0.05, 0.1) is 49.3 Å². The average Bonchev–Trinajstić information content (AvgIpc) is 3.00. The van der Waals surface area contributed by atoms with E-state index in [1.165, 1.54) is 0 Å². The van der Waals surface area contributed by atoms with Crippen LogP contribution in [0.2, 0.25) is 5.02 Å². The van der Waals surface area contributed by atoms with Crippen LogP contribution >= 0.6 is 11.6 Å². The molecule has 2 atom stereocenters. The van der Waals surface area contributed by atoms with Gasteiger partial charge in [-0.3, -0.25) is 9.69 Å². The number of nitrogens with zero attached hydrogens (tertiary/aromatic N) is 6. The van der Waals surface area contributed by atoms with Gasteiger partial charge >= 0.3 is 0 Å². The van der Waals surface area contributed by atoms with Crippen LogP contribution < -0.4 is 9.64 Å². The van der Waals surface area contributed by atoms with Crippen LogP contribution in [0, 0.1) is 5.92 Å². The highest BCUT2D eigenvalue weighted by Gasteiger charge is 2.23. The van der Waals surface area contributed by atoms with Gasteiger partial charge in [0.15, 0.2) is 0 Å². The molecule has 2 saturated heterocycles. The van der Waals surface area contributed by atoms with Crippen molar-refractivity contribution in [3.05, 3.63) is 41.3 Å². The van der Waals surface area contributed by atoms with Crippen LogP contribution in [0.4, 0.5) is 5.95 Å². The number of piperidine rings is 1. The zero-order valence-electron chi connectivity index (χ0n) is 23.7. The lowest BCUT2D eigenvalue weighted by molar-refractivity contribution is -0.132. The maximum atomic E-state index is 12.8. The summed E-state index contributed by atoms with van der Waals surface area (Å²) in [5.41, 5.74) is 0.867. The van der Waals surface area contributed by atoms with Crippen LogP contribution in [0.3, 0.4) is 0 Å². The minimum absolute atomic E-state index is 0.0832. The molecule has 0 spiro atoms. The first kappa shape index (κ1) is 31.4. The van der Waals surface area contributed by atoms with Gasteiger partial charge in [-0.1, -0.05) is 17.7 Å². The average molecular weight is 591 g/mol. The van der Waals surface area contributed by atoms with Crippen LogP contribution in [-0.2, 0) is 11.2 Å². The Bertz CT molecular complexity index is 1050. The molecule has 0 aliphatic carbocycles. The summed E-state index contributed by atoms with van der Waals surface area (Å²) in [5, 5.41) is 28.9. The molecule has 4 rings (SSSR count). The monoisotopic (exact) mass is 590 g/mol. The van der Waals surface area contributed by atoms with Crippen LogP contribution in [0.1, 0.15) is 44.1 Å². The number of halogens is 1. The van der Waals surface area contributed by atoms with E-state index in [-0.39, 0.29) is 18.9 Å². The maximum absolute atomic E-state index is 12.8. The maximum Gasteiger partial charge on any atom is 0.227 e. The summed E-state index contributed by atoms with van der Waals surface area (Å²) >= 11 is 5.89. The van der Waals surface area contributed by atoms with E-state index in [9.17, 15) is 15.0 Å². The molecule has 4 heterocycles. The van der Waals surface area contributed by atoms with E-state index in [2.05, 4.69) is 24.8 Å². The molecule has 2 aliphatic rings. The minimum atomic E-state index is -0.882. The molecule has 0 saturated carbocycles. The number of hydrogen-bond donors (Lipinski definition) is 3. The first-order valence-electron chi connectivity index (χ1n) is 14.7. The molecule has 3 N–H and O–H groups in total. The Morgan fingerprint density at radius 2 is 1.73 bits per heavy atom. The van der Waals surface area contributed by atoms with Crippen molar-refractivity contribution >= 4 is 23.5 Å². The van der Waals surface area contributed by atoms with Gasteiger partial charge in [0.1, 0.15) is 0 Å². The number of ether oxygens (including phenoxy) is 1. The smallest absolute Gasteiger partial charge is 0.227 e. The molecule has 2 aromatic heterocycles. The van der Waals surface area contributed by atoms with Crippen molar-refractivity contribution in [2.75, 3.05) is 63.9 Å². The topological polar surface area (TPSA) is 135 Å². The fourth-order valence-corrected chi connectivity index (χ4v) is 5.48. The molecule has 12 heteroatoms. The standard InChI is InChI=1S/C29H43ClN6O5/c30-24-19-32-29(33-20-24)36-9-5-22(6-10-36)2-1-15-41-27-4-3-23(18-31-27)16-28(40)35-13-11-34(12-14-35)8-7-25(38)17-26(39)21-37/h3-4,18-20,22,25-26,37-39H,1-2,5-17,21H2/t25-,26+/m1/s1. The number of piperazine rings is 1. The van der Waals surface area contributed by atoms with Crippen molar-refractivity contribution in [3.8, 4) is 5.88 Å². The fourth-order valence-electron chi connectivity index (χ4n) is 5.39. The third-order valence-electron chi connectivity index (χ3n) is 7.92. The SMILES string of the molecule is O=C(Cc1ccc(OCCCC2CCN(c3ncc(Cl)cn3)CC2)nc1)N1CCN(CC[C@@H](O)C[C@H](O)CO)CC1. The van der Waals surface area contributed by atoms with Crippen molar-refractivity contribution in [2.24, 2.45) is 5.92 Å². The summed E-state index contributed by atoms with van der Waals surface area (Å²) in [7, 11) is 0.